The Labute approximate surface area is 232 Å². The zero-order valence-electron chi connectivity index (χ0n) is 22.2. The molecular formula is C38H26N2. The molecule has 0 aliphatic heterocycles. The molecule has 0 amide bonds. The number of rotatable bonds is 3. The number of aromatic nitrogens is 2. The molecule has 7 aromatic carbocycles. The lowest BCUT2D eigenvalue weighted by Gasteiger charge is -2.18. The Bertz CT molecular complexity index is 2160. The van der Waals surface area contributed by atoms with Crippen molar-refractivity contribution in [2.45, 2.75) is 0 Å². The van der Waals surface area contributed by atoms with Gasteiger partial charge in [-0.3, -0.25) is 0 Å². The van der Waals surface area contributed by atoms with E-state index in [1.54, 1.807) is 0 Å². The Hall–Kier alpha value is -5.21. The van der Waals surface area contributed by atoms with Crippen LogP contribution in [0, 0.1) is 0 Å². The molecular weight excluding hydrogens is 484 g/mol. The highest BCUT2D eigenvalue weighted by Crippen LogP contribution is 2.45. The van der Waals surface area contributed by atoms with Gasteiger partial charge in [0.25, 0.3) is 0 Å². The third-order valence-corrected chi connectivity index (χ3v) is 8.19. The van der Waals surface area contributed by atoms with Gasteiger partial charge in [0.2, 0.25) is 0 Å². The van der Waals surface area contributed by atoms with Crippen molar-refractivity contribution < 1.29 is 0 Å². The molecule has 8 aromatic rings. The van der Waals surface area contributed by atoms with Crippen LogP contribution < -0.4 is 0 Å². The zero-order chi connectivity index (χ0) is 26.6. The second-order valence-electron chi connectivity index (χ2n) is 10.4. The van der Waals surface area contributed by atoms with Crippen LogP contribution in [0.1, 0.15) is 0 Å². The number of nitrogens with zero attached hydrogens (tertiary/aromatic N) is 2. The average molecular weight is 511 g/mol. The fourth-order valence-electron chi connectivity index (χ4n) is 6.37. The molecule has 0 N–H and O–H groups in total. The van der Waals surface area contributed by atoms with E-state index in [1.807, 2.05) is 6.07 Å². The molecule has 0 fully saturated rings. The minimum Gasteiger partial charge on any atom is -0.327 e. The third-order valence-electron chi connectivity index (χ3n) is 8.19. The van der Waals surface area contributed by atoms with Crippen molar-refractivity contribution in [3.63, 3.8) is 0 Å². The highest BCUT2D eigenvalue weighted by atomic mass is 15.1. The first-order valence-corrected chi connectivity index (χ1v) is 13.7. The highest BCUT2D eigenvalue weighted by molar-refractivity contribution is 6.23. The molecule has 0 spiro atoms. The molecule has 0 saturated heterocycles. The van der Waals surface area contributed by atoms with Crippen LogP contribution in [-0.2, 0) is 7.05 Å². The molecule has 0 aliphatic rings. The van der Waals surface area contributed by atoms with Crippen molar-refractivity contribution in [1.82, 2.24) is 9.55 Å². The smallest absolute Gasteiger partial charge is 0.140 e. The molecule has 0 atom stereocenters. The van der Waals surface area contributed by atoms with Gasteiger partial charge in [0.1, 0.15) is 5.82 Å². The summed E-state index contributed by atoms with van der Waals surface area (Å²) >= 11 is 0. The number of hydrogen-bond acceptors (Lipinski definition) is 1. The monoisotopic (exact) mass is 510 g/mol. The summed E-state index contributed by atoms with van der Waals surface area (Å²) in [4.78, 5) is 5.09. The van der Waals surface area contributed by atoms with Crippen LogP contribution in [-0.4, -0.2) is 9.55 Å². The van der Waals surface area contributed by atoms with E-state index in [-0.39, 0.29) is 0 Å². The molecule has 1 heterocycles. The number of hydrogen-bond donors (Lipinski definition) is 0. The molecule has 0 saturated carbocycles. The van der Waals surface area contributed by atoms with E-state index in [2.05, 4.69) is 145 Å². The lowest BCUT2D eigenvalue weighted by molar-refractivity contribution is 0.959. The van der Waals surface area contributed by atoms with Crippen molar-refractivity contribution in [3.05, 3.63) is 140 Å². The second kappa shape index (κ2) is 8.93. The van der Waals surface area contributed by atoms with Gasteiger partial charge in [-0.25, -0.2) is 4.98 Å². The van der Waals surface area contributed by atoms with Gasteiger partial charge in [-0.2, -0.15) is 0 Å². The quantitative estimate of drug-likeness (QED) is 0.216. The van der Waals surface area contributed by atoms with Crippen LogP contribution in [0.3, 0.4) is 0 Å². The van der Waals surface area contributed by atoms with Gasteiger partial charge < -0.3 is 4.57 Å². The molecule has 0 radical (unpaired) electrons. The summed E-state index contributed by atoms with van der Waals surface area (Å²) in [6.07, 6.45) is 0. The van der Waals surface area contributed by atoms with Gasteiger partial charge in [0, 0.05) is 12.6 Å². The summed E-state index contributed by atoms with van der Waals surface area (Å²) in [6.45, 7) is 0. The summed E-state index contributed by atoms with van der Waals surface area (Å²) in [6, 6.07) is 50.2. The summed E-state index contributed by atoms with van der Waals surface area (Å²) < 4.78 is 2.19. The number of fused-ring (bicyclic) bond motifs is 4. The molecule has 40 heavy (non-hydrogen) atoms. The minimum absolute atomic E-state index is 0.980. The lowest BCUT2D eigenvalue weighted by Crippen LogP contribution is -1.92. The van der Waals surface area contributed by atoms with E-state index in [9.17, 15) is 0 Å². The van der Waals surface area contributed by atoms with E-state index in [4.69, 9.17) is 4.98 Å². The standard InChI is InChI=1S/C38H26N2/c1-40-35-23-22-27(24-34(35)39-38(40)26-13-3-2-4-14-26)36-30-17-7-9-19-32(30)37(33-20-10-8-18-31(33)36)29-21-11-15-25-12-5-6-16-28(25)29/h2-24H,1H3. The first kappa shape index (κ1) is 22.7. The van der Waals surface area contributed by atoms with E-state index in [0.29, 0.717) is 0 Å². The normalized spacial score (nSPS) is 11.6. The minimum atomic E-state index is 0.980. The average Bonchev–Trinajstić information content (AvgIpc) is 3.35. The molecule has 1 aromatic heterocycles. The summed E-state index contributed by atoms with van der Waals surface area (Å²) in [5.41, 5.74) is 8.25. The van der Waals surface area contributed by atoms with Crippen LogP contribution in [0.5, 0.6) is 0 Å². The van der Waals surface area contributed by atoms with Crippen molar-refractivity contribution in [1.29, 1.82) is 0 Å². The molecule has 0 unspecified atom stereocenters. The Morgan fingerprint density at radius 1 is 0.475 bits per heavy atom. The predicted octanol–water partition coefficient (Wildman–Crippen LogP) is 10.0. The van der Waals surface area contributed by atoms with Crippen molar-refractivity contribution in [3.8, 4) is 33.6 Å². The van der Waals surface area contributed by atoms with Crippen LogP contribution in [0.4, 0.5) is 0 Å². The molecule has 0 aliphatic carbocycles. The summed E-state index contributed by atoms with van der Waals surface area (Å²) in [5, 5.41) is 7.56. The van der Waals surface area contributed by atoms with E-state index >= 15 is 0 Å². The fourth-order valence-corrected chi connectivity index (χ4v) is 6.37. The molecule has 188 valence electrons. The first-order valence-electron chi connectivity index (χ1n) is 13.7. The predicted molar refractivity (Wildman–Crippen MR) is 170 cm³/mol. The largest absolute Gasteiger partial charge is 0.327 e. The maximum absolute atomic E-state index is 5.09. The lowest BCUT2D eigenvalue weighted by atomic mass is 9.84. The Morgan fingerprint density at radius 2 is 1.05 bits per heavy atom. The third kappa shape index (κ3) is 3.40. The summed E-state index contributed by atoms with van der Waals surface area (Å²) in [5.74, 6) is 0.980. The maximum atomic E-state index is 5.09. The van der Waals surface area contributed by atoms with Gasteiger partial charge in [0.05, 0.1) is 11.0 Å². The highest BCUT2D eigenvalue weighted by Gasteiger charge is 2.19. The first-order chi connectivity index (χ1) is 19.8. The van der Waals surface area contributed by atoms with E-state index in [0.717, 1.165) is 22.4 Å². The van der Waals surface area contributed by atoms with Gasteiger partial charge in [-0.15, -0.1) is 0 Å². The Morgan fingerprint density at radius 3 is 1.75 bits per heavy atom. The Balaban J connectivity index is 1.44. The van der Waals surface area contributed by atoms with Crippen molar-refractivity contribution in [2.75, 3.05) is 0 Å². The van der Waals surface area contributed by atoms with Gasteiger partial charge in [-0.1, -0.05) is 127 Å². The maximum Gasteiger partial charge on any atom is 0.140 e. The molecule has 0 bridgehead atoms. The number of imidazole rings is 1. The van der Waals surface area contributed by atoms with Crippen LogP contribution >= 0.6 is 0 Å². The fraction of sp³-hybridized carbons (Fsp3) is 0.0263. The van der Waals surface area contributed by atoms with Gasteiger partial charge >= 0.3 is 0 Å². The Kier molecular flexibility index (Phi) is 5.08. The summed E-state index contributed by atoms with van der Waals surface area (Å²) in [7, 11) is 2.10. The number of aryl methyl sites for hydroxylation is 1. The SMILES string of the molecule is Cn1c(-c2ccccc2)nc2cc(-c3c4ccccc4c(-c4cccc5ccccc45)c4ccccc34)ccc21. The van der Waals surface area contributed by atoms with Crippen molar-refractivity contribution in [2.24, 2.45) is 7.05 Å². The molecule has 2 heteroatoms. The van der Waals surface area contributed by atoms with Crippen LogP contribution in [0.25, 0.3) is 77.0 Å². The van der Waals surface area contributed by atoms with E-state index in [1.165, 1.54) is 54.6 Å². The second-order valence-corrected chi connectivity index (χ2v) is 10.4. The molecule has 8 rings (SSSR count). The molecule has 2 nitrogen and oxygen atoms in total. The van der Waals surface area contributed by atoms with Crippen LogP contribution in [0.15, 0.2) is 140 Å². The van der Waals surface area contributed by atoms with Gasteiger partial charge in [0.15, 0.2) is 0 Å². The van der Waals surface area contributed by atoms with Crippen molar-refractivity contribution >= 4 is 43.4 Å². The van der Waals surface area contributed by atoms with Crippen LogP contribution in [0.2, 0.25) is 0 Å². The zero-order valence-corrected chi connectivity index (χ0v) is 22.2. The van der Waals surface area contributed by atoms with E-state index < -0.39 is 0 Å². The number of benzene rings is 7. The van der Waals surface area contributed by atoms with Gasteiger partial charge in [-0.05, 0) is 66.7 Å². The topological polar surface area (TPSA) is 17.8 Å².